The Hall–Kier alpha value is -3.26. The van der Waals surface area contributed by atoms with Crippen molar-refractivity contribution in [2.45, 2.75) is 4.90 Å². The van der Waals surface area contributed by atoms with Crippen LogP contribution in [-0.4, -0.2) is 36.0 Å². The molecule has 0 aromatic heterocycles. The molecule has 0 aliphatic heterocycles. The summed E-state index contributed by atoms with van der Waals surface area (Å²) in [4.78, 5) is 2.22. The predicted octanol–water partition coefficient (Wildman–Crippen LogP) is 3.18. The SMILES string of the molecule is COc1ccc(S(=O)(=O)N/N=C/c2c(OC)ccc3ccccc23)cc1OC. The predicted molar refractivity (Wildman–Crippen MR) is 108 cm³/mol. The Kier molecular flexibility index (Phi) is 5.70. The summed E-state index contributed by atoms with van der Waals surface area (Å²) >= 11 is 0. The van der Waals surface area contributed by atoms with E-state index in [1.807, 2.05) is 36.4 Å². The average Bonchev–Trinajstić information content (AvgIpc) is 2.73. The van der Waals surface area contributed by atoms with Crippen LogP contribution in [-0.2, 0) is 10.0 Å². The molecule has 0 radical (unpaired) electrons. The van der Waals surface area contributed by atoms with Crippen LogP contribution in [0.4, 0.5) is 0 Å². The minimum atomic E-state index is -3.89. The van der Waals surface area contributed by atoms with Crippen molar-refractivity contribution in [3.8, 4) is 17.2 Å². The number of hydrogen-bond acceptors (Lipinski definition) is 6. The van der Waals surface area contributed by atoms with E-state index in [-0.39, 0.29) is 4.90 Å². The van der Waals surface area contributed by atoms with Gasteiger partial charge in [0.15, 0.2) is 11.5 Å². The van der Waals surface area contributed by atoms with E-state index in [0.717, 1.165) is 10.8 Å². The molecule has 3 rings (SSSR count). The minimum absolute atomic E-state index is 0.00665. The third kappa shape index (κ3) is 3.86. The molecule has 0 saturated carbocycles. The van der Waals surface area contributed by atoms with E-state index >= 15 is 0 Å². The van der Waals surface area contributed by atoms with E-state index in [2.05, 4.69) is 9.93 Å². The Balaban J connectivity index is 1.91. The second-order valence-corrected chi connectivity index (χ2v) is 7.43. The molecule has 28 heavy (non-hydrogen) atoms. The lowest BCUT2D eigenvalue weighted by molar-refractivity contribution is 0.354. The highest BCUT2D eigenvalue weighted by Crippen LogP contribution is 2.29. The van der Waals surface area contributed by atoms with E-state index in [1.54, 1.807) is 7.11 Å². The summed E-state index contributed by atoms with van der Waals surface area (Å²) in [5, 5.41) is 5.82. The maximum absolute atomic E-state index is 12.6. The molecular weight excluding hydrogens is 380 g/mol. The number of rotatable bonds is 7. The quantitative estimate of drug-likeness (QED) is 0.486. The molecule has 0 heterocycles. The highest BCUT2D eigenvalue weighted by molar-refractivity contribution is 7.89. The Morgan fingerprint density at radius 2 is 1.54 bits per heavy atom. The lowest BCUT2D eigenvalue weighted by atomic mass is 10.0. The van der Waals surface area contributed by atoms with Gasteiger partial charge in [-0.1, -0.05) is 30.3 Å². The molecule has 0 atom stereocenters. The summed E-state index contributed by atoms with van der Waals surface area (Å²) in [6.07, 6.45) is 1.43. The van der Waals surface area contributed by atoms with Crippen molar-refractivity contribution in [3.63, 3.8) is 0 Å². The number of benzene rings is 3. The van der Waals surface area contributed by atoms with Crippen LogP contribution < -0.4 is 19.0 Å². The minimum Gasteiger partial charge on any atom is -0.496 e. The summed E-state index contributed by atoms with van der Waals surface area (Å²) in [6.45, 7) is 0. The first kappa shape index (κ1) is 19.5. The number of methoxy groups -OCH3 is 3. The van der Waals surface area contributed by atoms with E-state index in [0.29, 0.717) is 22.8 Å². The number of ether oxygens (including phenoxy) is 3. The Morgan fingerprint density at radius 3 is 2.25 bits per heavy atom. The molecule has 3 aromatic rings. The second-order valence-electron chi connectivity index (χ2n) is 5.77. The largest absolute Gasteiger partial charge is 0.496 e. The van der Waals surface area contributed by atoms with Crippen molar-refractivity contribution in [2.24, 2.45) is 5.10 Å². The molecule has 0 spiro atoms. The van der Waals surface area contributed by atoms with Gasteiger partial charge in [0, 0.05) is 11.6 Å². The molecule has 3 aromatic carbocycles. The molecule has 1 N–H and O–H groups in total. The Bertz CT molecular complexity index is 1130. The molecule has 8 heteroatoms. The second kappa shape index (κ2) is 8.18. The van der Waals surface area contributed by atoms with E-state index in [1.165, 1.54) is 38.6 Å². The first-order valence-corrected chi connectivity index (χ1v) is 9.81. The summed E-state index contributed by atoms with van der Waals surface area (Å²) in [7, 11) is 0.581. The van der Waals surface area contributed by atoms with Gasteiger partial charge in [0.2, 0.25) is 0 Å². The lowest BCUT2D eigenvalue weighted by Gasteiger charge is -2.10. The molecule has 0 aliphatic carbocycles. The van der Waals surface area contributed by atoms with Crippen LogP contribution in [0, 0.1) is 0 Å². The van der Waals surface area contributed by atoms with Gasteiger partial charge < -0.3 is 14.2 Å². The fourth-order valence-electron chi connectivity index (χ4n) is 2.78. The normalized spacial score (nSPS) is 11.5. The summed E-state index contributed by atoms with van der Waals surface area (Å²) in [6, 6.07) is 15.7. The zero-order valence-electron chi connectivity index (χ0n) is 15.7. The zero-order chi connectivity index (χ0) is 20.1. The number of nitrogens with zero attached hydrogens (tertiary/aromatic N) is 1. The van der Waals surface area contributed by atoms with Crippen LogP contribution in [0.1, 0.15) is 5.56 Å². The summed E-state index contributed by atoms with van der Waals surface area (Å²) in [5.74, 6) is 1.34. The van der Waals surface area contributed by atoms with Crippen LogP contribution in [0.3, 0.4) is 0 Å². The van der Waals surface area contributed by atoms with Crippen molar-refractivity contribution in [1.29, 1.82) is 0 Å². The average molecular weight is 400 g/mol. The van der Waals surface area contributed by atoms with Gasteiger partial charge in [0.25, 0.3) is 10.0 Å². The molecule has 7 nitrogen and oxygen atoms in total. The van der Waals surface area contributed by atoms with Crippen molar-refractivity contribution >= 4 is 27.0 Å². The number of fused-ring (bicyclic) bond motifs is 1. The topological polar surface area (TPSA) is 86.2 Å². The monoisotopic (exact) mass is 400 g/mol. The van der Waals surface area contributed by atoms with Crippen LogP contribution in [0.15, 0.2) is 64.6 Å². The van der Waals surface area contributed by atoms with Crippen LogP contribution >= 0.6 is 0 Å². The van der Waals surface area contributed by atoms with Crippen LogP contribution in [0.2, 0.25) is 0 Å². The highest BCUT2D eigenvalue weighted by atomic mass is 32.2. The molecule has 0 fully saturated rings. The van der Waals surface area contributed by atoms with Crippen molar-refractivity contribution in [3.05, 3.63) is 60.2 Å². The van der Waals surface area contributed by atoms with E-state index < -0.39 is 10.0 Å². The van der Waals surface area contributed by atoms with Gasteiger partial charge >= 0.3 is 0 Å². The Labute approximate surface area is 163 Å². The smallest absolute Gasteiger partial charge is 0.276 e. The van der Waals surface area contributed by atoms with Gasteiger partial charge in [-0.3, -0.25) is 0 Å². The third-order valence-corrected chi connectivity index (χ3v) is 5.40. The first-order chi connectivity index (χ1) is 13.5. The first-order valence-electron chi connectivity index (χ1n) is 8.33. The molecule has 0 aliphatic rings. The number of sulfonamides is 1. The molecule has 0 amide bonds. The fourth-order valence-corrected chi connectivity index (χ4v) is 3.59. The summed E-state index contributed by atoms with van der Waals surface area (Å²) in [5.41, 5.74) is 0.676. The molecular formula is C20H20N2O5S. The Morgan fingerprint density at radius 1 is 0.857 bits per heavy atom. The van der Waals surface area contributed by atoms with E-state index in [4.69, 9.17) is 14.2 Å². The summed E-state index contributed by atoms with van der Waals surface area (Å²) < 4.78 is 40.8. The van der Waals surface area contributed by atoms with Crippen LogP contribution in [0.5, 0.6) is 17.2 Å². The number of nitrogens with one attached hydrogen (secondary N) is 1. The van der Waals surface area contributed by atoms with Crippen molar-refractivity contribution < 1.29 is 22.6 Å². The number of hydrogen-bond donors (Lipinski definition) is 1. The number of hydrazone groups is 1. The van der Waals surface area contributed by atoms with Gasteiger partial charge in [0.1, 0.15) is 5.75 Å². The van der Waals surface area contributed by atoms with Gasteiger partial charge in [0.05, 0.1) is 32.4 Å². The van der Waals surface area contributed by atoms with Crippen LogP contribution in [0.25, 0.3) is 10.8 Å². The standard InChI is InChI=1S/C20H20N2O5S/c1-25-18-10-8-14-6-4-5-7-16(14)17(18)13-21-22-28(23,24)15-9-11-19(26-2)20(12-15)27-3/h4-13,22H,1-3H3/b21-13+. The molecule has 146 valence electrons. The molecule has 0 bridgehead atoms. The zero-order valence-corrected chi connectivity index (χ0v) is 16.5. The third-order valence-electron chi connectivity index (χ3n) is 4.18. The molecule has 0 saturated heterocycles. The molecule has 0 unspecified atom stereocenters. The lowest BCUT2D eigenvalue weighted by Crippen LogP contribution is -2.18. The van der Waals surface area contributed by atoms with Gasteiger partial charge in [-0.25, -0.2) is 4.83 Å². The van der Waals surface area contributed by atoms with E-state index in [9.17, 15) is 8.42 Å². The fraction of sp³-hybridized carbons (Fsp3) is 0.150. The highest BCUT2D eigenvalue weighted by Gasteiger charge is 2.16. The van der Waals surface area contributed by atoms with Crippen molar-refractivity contribution in [2.75, 3.05) is 21.3 Å². The van der Waals surface area contributed by atoms with Crippen molar-refractivity contribution in [1.82, 2.24) is 4.83 Å². The maximum atomic E-state index is 12.6. The van der Waals surface area contributed by atoms with Gasteiger partial charge in [-0.2, -0.15) is 13.5 Å². The maximum Gasteiger partial charge on any atom is 0.276 e. The van der Waals surface area contributed by atoms with Gasteiger partial charge in [-0.15, -0.1) is 0 Å². The van der Waals surface area contributed by atoms with Gasteiger partial charge in [-0.05, 0) is 29.0 Å².